The van der Waals surface area contributed by atoms with Gasteiger partial charge in [-0.15, -0.1) is 0 Å². The van der Waals surface area contributed by atoms with Gasteiger partial charge in [-0.2, -0.15) is 5.10 Å². The summed E-state index contributed by atoms with van der Waals surface area (Å²) in [7, 11) is 0. The van der Waals surface area contributed by atoms with E-state index in [4.69, 9.17) is 4.98 Å². The molecule has 1 saturated heterocycles. The van der Waals surface area contributed by atoms with Gasteiger partial charge >= 0.3 is 0 Å². The quantitative estimate of drug-likeness (QED) is 0.746. The Hall–Kier alpha value is -2.48. The molecule has 174 valence electrons. The van der Waals surface area contributed by atoms with Gasteiger partial charge in [-0.05, 0) is 53.1 Å². The van der Waals surface area contributed by atoms with Gasteiger partial charge in [0, 0.05) is 49.7 Å². The van der Waals surface area contributed by atoms with Crippen molar-refractivity contribution in [3.05, 3.63) is 44.4 Å². The maximum atomic E-state index is 12.8. The number of H-pyrrole nitrogens is 1. The number of nitrogens with zero attached hydrogens (tertiary/aromatic N) is 5. The first-order valence-electron chi connectivity index (χ1n) is 12.1. The Kier molecular flexibility index (Phi) is 6.79. The van der Waals surface area contributed by atoms with Crippen LogP contribution < -0.4 is 5.56 Å². The summed E-state index contributed by atoms with van der Waals surface area (Å²) in [5.41, 5.74) is 5.20. The zero-order valence-corrected chi connectivity index (χ0v) is 19.9. The van der Waals surface area contributed by atoms with Crippen molar-refractivity contribution in [3.63, 3.8) is 0 Å². The van der Waals surface area contributed by atoms with Gasteiger partial charge in [0.25, 0.3) is 5.56 Å². The molecule has 0 aliphatic carbocycles. The predicted octanol–water partition coefficient (Wildman–Crippen LogP) is 2.67. The molecule has 0 radical (unpaired) electrons. The van der Waals surface area contributed by atoms with E-state index in [1.54, 1.807) is 4.90 Å². The minimum absolute atomic E-state index is 0.0698. The highest BCUT2D eigenvalue weighted by Gasteiger charge is 2.28. The number of amides is 1. The Morgan fingerprint density at radius 2 is 1.91 bits per heavy atom. The molecule has 8 nitrogen and oxygen atoms in total. The van der Waals surface area contributed by atoms with Gasteiger partial charge in [0.1, 0.15) is 5.82 Å². The highest BCUT2D eigenvalue weighted by Crippen LogP contribution is 2.28. The number of rotatable bonds is 6. The second-order valence-electron chi connectivity index (χ2n) is 9.21. The Morgan fingerprint density at radius 1 is 1.16 bits per heavy atom. The highest BCUT2D eigenvalue weighted by atomic mass is 16.2. The topological polar surface area (TPSA) is 87.1 Å². The van der Waals surface area contributed by atoms with Crippen LogP contribution in [0, 0.1) is 13.8 Å². The predicted molar refractivity (Wildman–Crippen MR) is 124 cm³/mol. The monoisotopic (exact) mass is 440 g/mol. The maximum Gasteiger partial charge on any atom is 0.256 e. The number of hydrogen-bond donors (Lipinski definition) is 1. The summed E-state index contributed by atoms with van der Waals surface area (Å²) in [6.07, 6.45) is 4.01. The molecule has 0 aromatic carbocycles. The molecule has 4 heterocycles. The molecule has 2 aromatic rings. The second kappa shape index (κ2) is 9.57. The molecule has 0 atom stereocenters. The van der Waals surface area contributed by atoms with Gasteiger partial charge < -0.3 is 9.88 Å². The van der Waals surface area contributed by atoms with Crippen molar-refractivity contribution in [1.29, 1.82) is 0 Å². The number of aromatic amines is 1. The molecule has 32 heavy (non-hydrogen) atoms. The first-order valence-corrected chi connectivity index (χ1v) is 12.1. The van der Waals surface area contributed by atoms with Crippen molar-refractivity contribution in [2.75, 3.05) is 19.6 Å². The number of hydrogen-bond acceptors (Lipinski definition) is 5. The summed E-state index contributed by atoms with van der Waals surface area (Å²) in [5.74, 6) is 1.24. The van der Waals surface area contributed by atoms with E-state index in [2.05, 4.69) is 40.4 Å². The van der Waals surface area contributed by atoms with Crippen LogP contribution in [-0.2, 0) is 30.8 Å². The zero-order chi connectivity index (χ0) is 22.8. The largest absolute Gasteiger partial charge is 0.338 e. The first kappa shape index (κ1) is 22.7. The molecule has 1 amide bonds. The summed E-state index contributed by atoms with van der Waals surface area (Å²) >= 11 is 0. The van der Waals surface area contributed by atoms with Crippen LogP contribution in [0.15, 0.2) is 4.79 Å². The van der Waals surface area contributed by atoms with Crippen molar-refractivity contribution < 1.29 is 4.79 Å². The lowest BCUT2D eigenvalue weighted by molar-refractivity contribution is -0.132. The summed E-state index contributed by atoms with van der Waals surface area (Å²) in [4.78, 5) is 37.3. The molecule has 4 rings (SSSR count). The highest BCUT2D eigenvalue weighted by molar-refractivity contribution is 5.76. The molecule has 1 fully saturated rings. The zero-order valence-electron chi connectivity index (χ0n) is 19.9. The number of nitrogens with one attached hydrogen (secondary N) is 1. The van der Waals surface area contributed by atoms with E-state index in [1.165, 1.54) is 11.3 Å². The number of aryl methyl sites for hydroxylation is 2. The van der Waals surface area contributed by atoms with Crippen LogP contribution in [-0.4, -0.2) is 55.1 Å². The molecule has 0 unspecified atom stereocenters. The summed E-state index contributed by atoms with van der Waals surface area (Å²) in [5, 5.41) is 4.65. The standard InChI is InChI=1S/C24H36N6O2/c1-5-7-22(31)29-13-10-21-20(15-29)24(32)26-23(25-21)18-8-11-28(12-9-18)14-19-16(3)27-30(6-2)17(19)4/h18H,5-15H2,1-4H3,(H,25,26,32). The third-order valence-electron chi connectivity index (χ3n) is 7.09. The van der Waals surface area contributed by atoms with Gasteiger partial charge in [0.15, 0.2) is 0 Å². The molecule has 2 aliphatic rings. The minimum Gasteiger partial charge on any atom is -0.338 e. The number of carbonyl (C=O) groups excluding carboxylic acids is 1. The average molecular weight is 441 g/mol. The Morgan fingerprint density at radius 3 is 2.56 bits per heavy atom. The molecule has 1 N–H and O–H groups in total. The van der Waals surface area contributed by atoms with Gasteiger partial charge in [-0.3, -0.25) is 19.2 Å². The lowest BCUT2D eigenvalue weighted by Crippen LogP contribution is -2.40. The SMILES string of the molecule is CCCC(=O)N1CCc2nc(C3CCN(Cc4c(C)nn(CC)c4C)CC3)[nH]c(=O)c2C1. The van der Waals surface area contributed by atoms with Crippen LogP contribution in [0.3, 0.4) is 0 Å². The van der Waals surface area contributed by atoms with Crippen LogP contribution in [0.5, 0.6) is 0 Å². The number of aromatic nitrogens is 4. The van der Waals surface area contributed by atoms with Crippen LogP contribution in [0.2, 0.25) is 0 Å². The number of likely N-dealkylation sites (tertiary alicyclic amines) is 1. The smallest absolute Gasteiger partial charge is 0.256 e. The first-order chi connectivity index (χ1) is 15.4. The number of carbonyl (C=O) groups is 1. The minimum atomic E-state index is -0.0698. The molecular formula is C24H36N6O2. The fraction of sp³-hybridized carbons (Fsp3) is 0.667. The average Bonchev–Trinajstić information content (AvgIpc) is 3.07. The number of piperidine rings is 1. The van der Waals surface area contributed by atoms with Gasteiger partial charge in [0.05, 0.1) is 23.5 Å². The van der Waals surface area contributed by atoms with Gasteiger partial charge in [-0.25, -0.2) is 4.98 Å². The van der Waals surface area contributed by atoms with E-state index in [-0.39, 0.29) is 17.4 Å². The van der Waals surface area contributed by atoms with Gasteiger partial charge in [0.2, 0.25) is 5.91 Å². The van der Waals surface area contributed by atoms with E-state index in [9.17, 15) is 9.59 Å². The third kappa shape index (κ3) is 4.51. The molecule has 0 spiro atoms. The lowest BCUT2D eigenvalue weighted by Gasteiger charge is -2.32. The second-order valence-corrected chi connectivity index (χ2v) is 9.21. The van der Waals surface area contributed by atoms with E-state index in [1.807, 2.05) is 6.92 Å². The van der Waals surface area contributed by atoms with Crippen LogP contribution in [0.4, 0.5) is 0 Å². The fourth-order valence-corrected chi connectivity index (χ4v) is 5.08. The van der Waals surface area contributed by atoms with Crippen LogP contribution >= 0.6 is 0 Å². The maximum absolute atomic E-state index is 12.8. The van der Waals surface area contributed by atoms with E-state index in [0.717, 1.165) is 62.7 Å². The normalized spacial score (nSPS) is 17.6. The summed E-state index contributed by atoms with van der Waals surface area (Å²) < 4.78 is 2.08. The van der Waals surface area contributed by atoms with Crippen LogP contribution in [0.25, 0.3) is 0 Å². The van der Waals surface area contributed by atoms with Crippen molar-refractivity contribution in [2.24, 2.45) is 0 Å². The molecular weight excluding hydrogens is 404 g/mol. The Balaban J connectivity index is 1.40. The van der Waals surface area contributed by atoms with E-state index >= 15 is 0 Å². The summed E-state index contributed by atoms with van der Waals surface area (Å²) in [6.45, 7) is 13.2. The molecule has 2 aliphatic heterocycles. The Bertz CT molecular complexity index is 1030. The third-order valence-corrected chi connectivity index (χ3v) is 7.09. The molecule has 8 heteroatoms. The molecule has 0 bridgehead atoms. The van der Waals surface area contributed by atoms with Crippen molar-refractivity contribution in [2.45, 2.75) is 85.4 Å². The van der Waals surface area contributed by atoms with E-state index in [0.29, 0.717) is 31.5 Å². The van der Waals surface area contributed by atoms with Gasteiger partial charge in [-0.1, -0.05) is 6.92 Å². The lowest BCUT2D eigenvalue weighted by atomic mass is 9.94. The number of fused-ring (bicyclic) bond motifs is 1. The fourth-order valence-electron chi connectivity index (χ4n) is 5.08. The van der Waals surface area contributed by atoms with Crippen molar-refractivity contribution >= 4 is 5.91 Å². The van der Waals surface area contributed by atoms with Crippen molar-refractivity contribution in [1.82, 2.24) is 29.5 Å². The molecule has 0 saturated carbocycles. The summed E-state index contributed by atoms with van der Waals surface area (Å²) in [6, 6.07) is 0. The molecule has 2 aromatic heterocycles. The van der Waals surface area contributed by atoms with E-state index < -0.39 is 0 Å². The Labute approximate surface area is 190 Å². The van der Waals surface area contributed by atoms with Crippen molar-refractivity contribution in [3.8, 4) is 0 Å². The van der Waals surface area contributed by atoms with Crippen LogP contribution in [0.1, 0.15) is 79.5 Å².